The Labute approximate surface area is 77.0 Å². The van der Waals surface area contributed by atoms with Gasteiger partial charge < -0.3 is 9.53 Å². The summed E-state index contributed by atoms with van der Waals surface area (Å²) in [4.78, 5) is 21.2. The van der Waals surface area contributed by atoms with Crippen molar-refractivity contribution < 1.29 is 14.3 Å². The van der Waals surface area contributed by atoms with Crippen molar-refractivity contribution in [1.82, 2.24) is 0 Å². The molecule has 3 nitrogen and oxygen atoms in total. The van der Waals surface area contributed by atoms with E-state index in [2.05, 4.69) is 4.74 Å². The van der Waals surface area contributed by atoms with Gasteiger partial charge in [0.2, 0.25) is 0 Å². The van der Waals surface area contributed by atoms with Crippen LogP contribution in [0.2, 0.25) is 0 Å². The van der Waals surface area contributed by atoms with E-state index < -0.39 is 16.8 Å². The fraction of sp³-hybridized carbons (Fsp3) is 0.750. The van der Waals surface area contributed by atoms with E-state index in [1.165, 1.54) is 7.11 Å². The molecular weight excluding hydrogens is 180 g/mol. The Morgan fingerprint density at radius 1 is 1.67 bits per heavy atom. The van der Waals surface area contributed by atoms with Gasteiger partial charge in [-0.3, -0.25) is 4.79 Å². The van der Waals surface area contributed by atoms with Crippen LogP contribution in [-0.4, -0.2) is 24.7 Å². The van der Waals surface area contributed by atoms with E-state index in [1.54, 1.807) is 13.8 Å². The molecule has 0 aliphatic rings. The molecule has 1 unspecified atom stereocenters. The molecule has 0 aliphatic carbocycles. The highest BCUT2D eigenvalue weighted by molar-refractivity contribution is 6.30. The number of alkyl halides is 1. The van der Waals surface area contributed by atoms with Gasteiger partial charge in [-0.15, -0.1) is 11.6 Å². The molecule has 12 heavy (non-hydrogen) atoms. The van der Waals surface area contributed by atoms with Crippen LogP contribution < -0.4 is 0 Å². The van der Waals surface area contributed by atoms with Crippen molar-refractivity contribution >= 4 is 23.9 Å². The van der Waals surface area contributed by atoms with Gasteiger partial charge >= 0.3 is 5.97 Å². The van der Waals surface area contributed by atoms with E-state index in [-0.39, 0.29) is 6.42 Å². The fourth-order valence-corrected chi connectivity index (χ4v) is 0.919. The summed E-state index contributed by atoms with van der Waals surface area (Å²) in [5.41, 5.74) is -0.545. The largest absolute Gasteiger partial charge is 0.468 e. The molecule has 0 rings (SSSR count). The summed E-state index contributed by atoms with van der Waals surface area (Å²) in [6.07, 6.45) is 0.995. The number of carbonyl (C=O) groups excluding carboxylic acids is 2. The Kier molecular flexibility index (Phi) is 4.24. The first-order valence-electron chi connectivity index (χ1n) is 3.61. The number of methoxy groups -OCH3 is 1. The van der Waals surface area contributed by atoms with E-state index in [1.807, 2.05) is 0 Å². The van der Waals surface area contributed by atoms with Crippen LogP contribution in [0.25, 0.3) is 0 Å². The van der Waals surface area contributed by atoms with Gasteiger partial charge in [0.05, 0.1) is 7.11 Å². The summed E-state index contributed by atoms with van der Waals surface area (Å²) in [5, 5.41) is -0.771. The standard InChI is InChI=1S/C8H13ClO3/c1-8(2,4-5-10)6(9)7(11)12-3/h5-6H,4H2,1-3H3. The predicted molar refractivity (Wildman–Crippen MR) is 46.1 cm³/mol. The Morgan fingerprint density at radius 3 is 2.50 bits per heavy atom. The van der Waals surface area contributed by atoms with Crippen LogP contribution in [-0.2, 0) is 14.3 Å². The number of aldehydes is 1. The third-order valence-electron chi connectivity index (χ3n) is 1.70. The quantitative estimate of drug-likeness (QED) is 0.384. The lowest BCUT2D eigenvalue weighted by Gasteiger charge is -2.25. The topological polar surface area (TPSA) is 43.4 Å². The molecule has 0 bridgehead atoms. The second-order valence-corrected chi connectivity index (χ2v) is 3.68. The van der Waals surface area contributed by atoms with E-state index in [4.69, 9.17) is 11.6 Å². The number of hydrogen-bond donors (Lipinski definition) is 0. The van der Waals surface area contributed by atoms with Gasteiger partial charge in [-0.1, -0.05) is 13.8 Å². The molecule has 0 radical (unpaired) electrons. The lowest BCUT2D eigenvalue weighted by atomic mass is 9.86. The Morgan fingerprint density at radius 2 is 2.17 bits per heavy atom. The van der Waals surface area contributed by atoms with E-state index >= 15 is 0 Å². The lowest BCUT2D eigenvalue weighted by Crippen LogP contribution is -2.33. The monoisotopic (exact) mass is 192 g/mol. The molecule has 0 amide bonds. The second-order valence-electron chi connectivity index (χ2n) is 3.25. The van der Waals surface area contributed by atoms with E-state index in [0.717, 1.165) is 6.29 Å². The van der Waals surface area contributed by atoms with Crippen molar-refractivity contribution in [3.05, 3.63) is 0 Å². The van der Waals surface area contributed by atoms with Crippen LogP contribution in [0.3, 0.4) is 0 Å². The Bertz CT molecular complexity index is 177. The van der Waals surface area contributed by atoms with Crippen LogP contribution in [0.5, 0.6) is 0 Å². The molecule has 0 aromatic rings. The van der Waals surface area contributed by atoms with Crippen molar-refractivity contribution in [3.63, 3.8) is 0 Å². The molecular formula is C8H13ClO3. The predicted octanol–water partition coefficient (Wildman–Crippen LogP) is 1.38. The first-order chi connectivity index (χ1) is 5.45. The van der Waals surface area contributed by atoms with Crippen LogP contribution in [0.4, 0.5) is 0 Å². The average molecular weight is 193 g/mol. The van der Waals surface area contributed by atoms with Gasteiger partial charge in [-0.05, 0) is 5.41 Å². The highest BCUT2D eigenvalue weighted by Gasteiger charge is 2.33. The van der Waals surface area contributed by atoms with Gasteiger partial charge in [0.25, 0.3) is 0 Å². The maximum Gasteiger partial charge on any atom is 0.324 e. The minimum absolute atomic E-state index is 0.246. The highest BCUT2D eigenvalue weighted by atomic mass is 35.5. The molecule has 4 heteroatoms. The number of halogens is 1. The summed E-state index contributed by atoms with van der Waals surface area (Å²) in [7, 11) is 1.27. The molecule has 0 fully saturated rings. The molecule has 0 aliphatic heterocycles. The average Bonchev–Trinajstić information content (AvgIpc) is 2.01. The summed E-state index contributed by atoms with van der Waals surface area (Å²) >= 11 is 5.77. The van der Waals surface area contributed by atoms with Gasteiger partial charge in [-0.25, -0.2) is 0 Å². The van der Waals surface area contributed by atoms with Crippen molar-refractivity contribution in [2.75, 3.05) is 7.11 Å². The third-order valence-corrected chi connectivity index (χ3v) is 2.47. The number of carbonyl (C=O) groups is 2. The first kappa shape index (κ1) is 11.4. The zero-order valence-electron chi connectivity index (χ0n) is 7.46. The number of ether oxygens (including phenoxy) is 1. The minimum atomic E-state index is -0.771. The molecule has 0 spiro atoms. The molecule has 0 aromatic carbocycles. The molecule has 0 N–H and O–H groups in total. The molecule has 0 saturated carbocycles. The van der Waals surface area contributed by atoms with Crippen molar-refractivity contribution in [1.29, 1.82) is 0 Å². The zero-order valence-corrected chi connectivity index (χ0v) is 8.22. The maximum absolute atomic E-state index is 11.0. The molecule has 0 heterocycles. The summed E-state index contributed by atoms with van der Waals surface area (Å²) in [5.74, 6) is -0.497. The highest BCUT2D eigenvalue weighted by Crippen LogP contribution is 2.29. The molecule has 70 valence electrons. The first-order valence-corrected chi connectivity index (χ1v) is 4.05. The van der Waals surface area contributed by atoms with Gasteiger partial charge in [0.1, 0.15) is 11.7 Å². The normalized spacial score (nSPS) is 13.7. The second kappa shape index (κ2) is 4.45. The Balaban J connectivity index is 4.32. The minimum Gasteiger partial charge on any atom is -0.468 e. The molecule has 1 atom stereocenters. The number of esters is 1. The summed E-state index contributed by atoms with van der Waals surface area (Å²) in [6, 6.07) is 0. The van der Waals surface area contributed by atoms with Crippen LogP contribution in [0.1, 0.15) is 20.3 Å². The van der Waals surface area contributed by atoms with Gasteiger partial charge in [0.15, 0.2) is 0 Å². The van der Waals surface area contributed by atoms with Crippen LogP contribution in [0, 0.1) is 5.41 Å². The van der Waals surface area contributed by atoms with Crippen LogP contribution in [0.15, 0.2) is 0 Å². The summed E-state index contributed by atoms with van der Waals surface area (Å²) in [6.45, 7) is 3.49. The van der Waals surface area contributed by atoms with Crippen LogP contribution >= 0.6 is 11.6 Å². The SMILES string of the molecule is COC(=O)C(Cl)C(C)(C)CC=O. The lowest BCUT2D eigenvalue weighted by molar-refractivity contribution is -0.142. The van der Waals surface area contributed by atoms with Crippen molar-refractivity contribution in [2.24, 2.45) is 5.41 Å². The van der Waals surface area contributed by atoms with Crippen molar-refractivity contribution in [2.45, 2.75) is 25.6 Å². The van der Waals surface area contributed by atoms with Gasteiger partial charge in [-0.2, -0.15) is 0 Å². The summed E-state index contributed by atoms with van der Waals surface area (Å²) < 4.78 is 4.46. The molecule has 0 saturated heterocycles. The third kappa shape index (κ3) is 2.81. The van der Waals surface area contributed by atoms with Crippen molar-refractivity contribution in [3.8, 4) is 0 Å². The maximum atomic E-state index is 11.0. The van der Waals surface area contributed by atoms with Gasteiger partial charge in [0, 0.05) is 6.42 Å². The van der Waals surface area contributed by atoms with E-state index in [0.29, 0.717) is 0 Å². The Hall–Kier alpha value is -0.570. The smallest absolute Gasteiger partial charge is 0.324 e. The molecule has 0 aromatic heterocycles. The zero-order chi connectivity index (χ0) is 9.78. The van der Waals surface area contributed by atoms with E-state index in [9.17, 15) is 9.59 Å². The number of rotatable bonds is 4. The fourth-order valence-electron chi connectivity index (χ4n) is 0.741. The number of hydrogen-bond acceptors (Lipinski definition) is 3.